The van der Waals surface area contributed by atoms with Gasteiger partial charge in [-0.05, 0) is 33.4 Å². The summed E-state index contributed by atoms with van der Waals surface area (Å²) < 4.78 is 5.24. The third-order valence-corrected chi connectivity index (χ3v) is 2.46. The minimum Gasteiger partial charge on any atom is -0.485 e. The Morgan fingerprint density at radius 1 is 1.59 bits per heavy atom. The van der Waals surface area contributed by atoms with Crippen molar-refractivity contribution in [2.75, 3.05) is 13.3 Å². The van der Waals surface area contributed by atoms with Gasteiger partial charge < -0.3 is 9.64 Å². The first-order chi connectivity index (χ1) is 7.86. The highest BCUT2D eigenvalue weighted by molar-refractivity contribution is 6.42. The Kier molecular flexibility index (Phi) is 4.38. The molecule has 0 aromatic heterocycles. The fourth-order valence-corrected chi connectivity index (χ4v) is 1.52. The van der Waals surface area contributed by atoms with E-state index in [1.807, 2.05) is 27.7 Å². The Balaban J connectivity index is 3.12. The Morgan fingerprint density at radius 2 is 2.24 bits per heavy atom. The molecule has 1 aliphatic heterocycles. The molecule has 0 atom stereocenters. The first-order valence-corrected chi connectivity index (χ1v) is 5.85. The summed E-state index contributed by atoms with van der Waals surface area (Å²) >= 11 is 5.93. The topological polar surface area (TPSA) is 41.9 Å². The number of halogens is 1. The van der Waals surface area contributed by atoms with E-state index in [9.17, 15) is 4.79 Å². The summed E-state index contributed by atoms with van der Waals surface area (Å²) in [5, 5.41) is 0.0227. The monoisotopic (exact) mass is 256 g/mol. The number of aliphatic imine (C=N–C) groups is 1. The van der Waals surface area contributed by atoms with Crippen LogP contribution in [0.5, 0.6) is 0 Å². The van der Waals surface area contributed by atoms with Gasteiger partial charge >= 0.3 is 0 Å². The van der Waals surface area contributed by atoms with Gasteiger partial charge in [-0.25, -0.2) is 0 Å². The normalized spacial score (nSPS) is 19.1. The molecule has 0 saturated heterocycles. The van der Waals surface area contributed by atoms with Gasteiger partial charge in [-0.3, -0.25) is 9.79 Å². The van der Waals surface area contributed by atoms with Crippen LogP contribution in [0.4, 0.5) is 0 Å². The summed E-state index contributed by atoms with van der Waals surface area (Å²) in [6.45, 7) is 8.38. The second kappa shape index (κ2) is 5.39. The number of hydrogen-bond acceptors (Lipinski definition) is 3. The number of nitrogens with zero attached hydrogens (tertiary/aromatic N) is 2. The molecule has 4 nitrogen and oxygen atoms in total. The number of ether oxygens (including phenoxy) is 1. The van der Waals surface area contributed by atoms with E-state index in [0.29, 0.717) is 12.4 Å². The summed E-state index contributed by atoms with van der Waals surface area (Å²) in [7, 11) is 0. The quantitative estimate of drug-likeness (QED) is 0.712. The van der Waals surface area contributed by atoms with Crippen molar-refractivity contribution in [3.63, 3.8) is 0 Å². The van der Waals surface area contributed by atoms with Crippen LogP contribution >= 0.6 is 11.6 Å². The van der Waals surface area contributed by atoms with Crippen LogP contribution in [0.15, 0.2) is 21.5 Å². The first-order valence-electron chi connectivity index (χ1n) is 5.47. The maximum atomic E-state index is 12.0. The Labute approximate surface area is 107 Å². The van der Waals surface area contributed by atoms with Crippen molar-refractivity contribution in [3.05, 3.63) is 16.5 Å². The summed E-state index contributed by atoms with van der Waals surface area (Å²) in [4.78, 5) is 17.8. The molecular formula is C12H17ClN2O2. The van der Waals surface area contributed by atoms with Crippen molar-refractivity contribution in [2.45, 2.75) is 33.2 Å². The predicted octanol–water partition coefficient (Wildman–Crippen LogP) is 2.30. The number of hydrogen-bond donors (Lipinski definition) is 0. The van der Waals surface area contributed by atoms with Gasteiger partial charge in [0.05, 0.1) is 12.8 Å². The first kappa shape index (κ1) is 13.8. The average Bonchev–Trinajstić information content (AvgIpc) is 2.20. The highest BCUT2D eigenvalue weighted by Gasteiger charge is 2.28. The lowest BCUT2D eigenvalue weighted by molar-refractivity contribution is -0.130. The lowest BCUT2D eigenvalue weighted by atomic mass is 10.1. The molecule has 0 spiro atoms. The minimum atomic E-state index is -0.334. The average molecular weight is 257 g/mol. The fraction of sp³-hybridized carbons (Fsp3) is 0.583. The van der Waals surface area contributed by atoms with E-state index >= 15 is 0 Å². The molecule has 0 aromatic rings. The van der Waals surface area contributed by atoms with Gasteiger partial charge in [-0.2, -0.15) is 0 Å². The number of rotatable bonds is 2. The highest BCUT2D eigenvalue weighted by atomic mass is 35.5. The van der Waals surface area contributed by atoms with Crippen LogP contribution in [-0.4, -0.2) is 35.8 Å². The molecule has 17 heavy (non-hydrogen) atoms. The molecule has 1 aliphatic rings. The Hall–Kier alpha value is -1.25. The van der Waals surface area contributed by atoms with Gasteiger partial charge in [0.15, 0.2) is 10.8 Å². The predicted molar refractivity (Wildman–Crippen MR) is 68.0 cm³/mol. The molecule has 5 heteroatoms. The smallest absolute Gasteiger partial charge is 0.275 e. The minimum absolute atomic E-state index is 0.0227. The number of amides is 1. The SMILES string of the molecule is CCOC1=C=C(Cl)C(=O)N(C(C)(C)C)C/N=C\1. The van der Waals surface area contributed by atoms with Crippen LogP contribution in [-0.2, 0) is 9.53 Å². The van der Waals surface area contributed by atoms with Gasteiger partial charge in [0.25, 0.3) is 5.91 Å². The lowest BCUT2D eigenvalue weighted by Gasteiger charge is -2.34. The fourth-order valence-electron chi connectivity index (χ4n) is 1.33. The van der Waals surface area contributed by atoms with E-state index in [0.717, 1.165) is 0 Å². The molecule has 1 rings (SSSR count). The molecule has 94 valence electrons. The molecular weight excluding hydrogens is 240 g/mol. The van der Waals surface area contributed by atoms with Gasteiger partial charge in [0, 0.05) is 5.54 Å². The molecule has 0 unspecified atom stereocenters. The third-order valence-electron chi connectivity index (χ3n) is 2.21. The molecule has 1 amide bonds. The summed E-state index contributed by atoms with van der Waals surface area (Å²) in [6.07, 6.45) is 1.54. The van der Waals surface area contributed by atoms with Crippen LogP contribution in [0, 0.1) is 0 Å². The van der Waals surface area contributed by atoms with E-state index in [1.54, 1.807) is 4.90 Å². The number of carbonyl (C=O) groups excluding carboxylic acids is 1. The zero-order valence-corrected chi connectivity index (χ0v) is 11.3. The van der Waals surface area contributed by atoms with E-state index in [4.69, 9.17) is 16.3 Å². The van der Waals surface area contributed by atoms with E-state index in [-0.39, 0.29) is 23.1 Å². The summed E-state index contributed by atoms with van der Waals surface area (Å²) in [5.74, 6) is 0.104. The van der Waals surface area contributed by atoms with Gasteiger partial charge in [-0.1, -0.05) is 11.6 Å². The van der Waals surface area contributed by atoms with E-state index in [1.165, 1.54) is 6.21 Å². The largest absolute Gasteiger partial charge is 0.485 e. The van der Waals surface area contributed by atoms with Crippen LogP contribution in [0.3, 0.4) is 0 Å². The maximum Gasteiger partial charge on any atom is 0.275 e. The van der Waals surface area contributed by atoms with Crippen molar-refractivity contribution >= 4 is 23.7 Å². The summed E-state index contributed by atoms with van der Waals surface area (Å²) in [6, 6.07) is 0. The van der Waals surface area contributed by atoms with E-state index < -0.39 is 0 Å². The molecule has 0 saturated carbocycles. The van der Waals surface area contributed by atoms with Crippen molar-refractivity contribution in [3.8, 4) is 0 Å². The van der Waals surface area contributed by atoms with Crippen LogP contribution in [0.1, 0.15) is 27.7 Å². The molecule has 0 bridgehead atoms. The lowest BCUT2D eigenvalue weighted by Crippen LogP contribution is -2.46. The molecule has 0 aliphatic carbocycles. The highest BCUT2D eigenvalue weighted by Crippen LogP contribution is 2.19. The molecule has 1 heterocycles. The Morgan fingerprint density at radius 3 is 2.76 bits per heavy atom. The molecule has 0 fully saturated rings. The van der Waals surface area contributed by atoms with Crippen LogP contribution in [0.2, 0.25) is 0 Å². The second-order valence-corrected chi connectivity index (χ2v) is 4.97. The molecule has 0 radical (unpaired) electrons. The van der Waals surface area contributed by atoms with Crippen molar-refractivity contribution in [1.29, 1.82) is 0 Å². The summed E-state index contributed by atoms with van der Waals surface area (Å²) in [5.41, 5.74) is 2.37. The zero-order chi connectivity index (χ0) is 13.1. The van der Waals surface area contributed by atoms with Crippen molar-refractivity contribution in [2.24, 2.45) is 4.99 Å². The standard InChI is InChI=1S/C12H17ClN2O2/c1-5-17-9-6-10(13)11(16)15(8-14-7-9)12(2,3)4/h7H,5,8H2,1-4H3/b14-7-. The number of carbonyl (C=O) groups is 1. The van der Waals surface area contributed by atoms with Crippen LogP contribution in [0.25, 0.3) is 0 Å². The maximum absolute atomic E-state index is 12.0. The molecule has 0 aromatic carbocycles. The Bertz CT molecular complexity index is 401. The second-order valence-electron chi connectivity index (χ2n) is 4.59. The third kappa shape index (κ3) is 3.62. The molecule has 0 N–H and O–H groups in total. The van der Waals surface area contributed by atoms with Crippen molar-refractivity contribution < 1.29 is 9.53 Å². The van der Waals surface area contributed by atoms with Crippen molar-refractivity contribution in [1.82, 2.24) is 4.90 Å². The zero-order valence-electron chi connectivity index (χ0n) is 10.6. The van der Waals surface area contributed by atoms with Gasteiger partial charge in [-0.15, -0.1) is 0 Å². The van der Waals surface area contributed by atoms with Gasteiger partial charge in [0.2, 0.25) is 0 Å². The van der Waals surface area contributed by atoms with Gasteiger partial charge in [0.1, 0.15) is 6.67 Å². The van der Waals surface area contributed by atoms with E-state index in [2.05, 4.69) is 10.7 Å². The van der Waals surface area contributed by atoms with Crippen LogP contribution < -0.4 is 0 Å².